The van der Waals surface area contributed by atoms with E-state index in [9.17, 15) is 9.59 Å². The average molecular weight is 295 g/mol. The minimum absolute atomic E-state index is 0.0617. The maximum Gasteiger partial charge on any atom is 0.410 e. The Hall–Kier alpha value is -2.05. The van der Waals surface area contributed by atoms with E-state index in [2.05, 4.69) is 5.10 Å². The van der Waals surface area contributed by atoms with Gasteiger partial charge in [-0.25, -0.2) is 4.79 Å². The van der Waals surface area contributed by atoms with Gasteiger partial charge < -0.3 is 14.7 Å². The number of ether oxygens (including phenoxy) is 1. The van der Waals surface area contributed by atoms with Crippen LogP contribution in [0.15, 0.2) is 6.07 Å². The first-order valence-electron chi connectivity index (χ1n) is 7.00. The standard InChI is InChI=1S/C14H21N3O4/c1-14(2,3)21-13(20)16-6-7-17-11(9-16)8-10(15-17)4-5-12(18)19/h8H,4-7,9H2,1-3H3,(H,18,19). The topological polar surface area (TPSA) is 84.7 Å². The molecule has 1 aromatic heterocycles. The van der Waals surface area contributed by atoms with E-state index in [1.165, 1.54) is 0 Å². The van der Waals surface area contributed by atoms with Crippen molar-refractivity contribution in [3.05, 3.63) is 17.5 Å². The molecule has 21 heavy (non-hydrogen) atoms. The van der Waals surface area contributed by atoms with E-state index in [-0.39, 0.29) is 12.5 Å². The van der Waals surface area contributed by atoms with E-state index >= 15 is 0 Å². The van der Waals surface area contributed by atoms with E-state index in [4.69, 9.17) is 9.84 Å². The molecule has 1 aromatic rings. The summed E-state index contributed by atoms with van der Waals surface area (Å²) in [6, 6.07) is 1.86. The maximum absolute atomic E-state index is 12.0. The highest BCUT2D eigenvalue weighted by Gasteiger charge is 2.26. The number of carboxylic acids is 1. The number of aliphatic carboxylic acids is 1. The van der Waals surface area contributed by atoms with Gasteiger partial charge in [-0.3, -0.25) is 9.48 Å². The van der Waals surface area contributed by atoms with Gasteiger partial charge in [0.1, 0.15) is 5.60 Å². The zero-order chi connectivity index (χ0) is 15.6. The van der Waals surface area contributed by atoms with Crippen molar-refractivity contribution in [2.24, 2.45) is 0 Å². The summed E-state index contributed by atoms with van der Waals surface area (Å²) in [5.41, 5.74) is 1.15. The zero-order valence-corrected chi connectivity index (χ0v) is 12.6. The van der Waals surface area contributed by atoms with Crippen molar-refractivity contribution < 1.29 is 19.4 Å². The van der Waals surface area contributed by atoms with Crippen LogP contribution in [0.1, 0.15) is 38.6 Å². The highest BCUT2D eigenvalue weighted by atomic mass is 16.6. The lowest BCUT2D eigenvalue weighted by Gasteiger charge is -2.30. The van der Waals surface area contributed by atoms with Crippen LogP contribution in [-0.2, 0) is 29.0 Å². The molecule has 0 aromatic carbocycles. The van der Waals surface area contributed by atoms with Gasteiger partial charge >= 0.3 is 12.1 Å². The van der Waals surface area contributed by atoms with Gasteiger partial charge in [0.15, 0.2) is 0 Å². The Bertz CT molecular complexity index is 545. The second kappa shape index (κ2) is 5.75. The molecule has 1 amide bonds. The first kappa shape index (κ1) is 15.3. The Morgan fingerprint density at radius 2 is 2.10 bits per heavy atom. The fraction of sp³-hybridized carbons (Fsp3) is 0.643. The lowest BCUT2D eigenvalue weighted by molar-refractivity contribution is -0.136. The molecule has 0 unspecified atom stereocenters. The quantitative estimate of drug-likeness (QED) is 0.916. The number of nitrogens with zero attached hydrogens (tertiary/aromatic N) is 3. The zero-order valence-electron chi connectivity index (χ0n) is 12.6. The van der Waals surface area contributed by atoms with Gasteiger partial charge in [0, 0.05) is 13.0 Å². The van der Waals surface area contributed by atoms with Crippen molar-refractivity contribution >= 4 is 12.1 Å². The molecule has 0 spiro atoms. The van der Waals surface area contributed by atoms with Crippen molar-refractivity contribution in [2.45, 2.75) is 52.3 Å². The molecule has 0 bridgehead atoms. The number of aromatic nitrogens is 2. The molecule has 2 rings (SSSR count). The van der Waals surface area contributed by atoms with Crippen LogP contribution in [0.4, 0.5) is 4.79 Å². The molecule has 116 valence electrons. The van der Waals surface area contributed by atoms with Crippen LogP contribution in [0.3, 0.4) is 0 Å². The Labute approximate surface area is 123 Å². The van der Waals surface area contributed by atoms with Gasteiger partial charge in [0.2, 0.25) is 0 Å². The second-order valence-electron chi connectivity index (χ2n) is 6.15. The summed E-state index contributed by atoms with van der Waals surface area (Å²) in [5, 5.41) is 13.1. The van der Waals surface area contributed by atoms with Crippen molar-refractivity contribution in [3.8, 4) is 0 Å². The fourth-order valence-electron chi connectivity index (χ4n) is 2.17. The summed E-state index contributed by atoms with van der Waals surface area (Å²) in [4.78, 5) is 24.3. The van der Waals surface area contributed by atoms with Gasteiger partial charge in [-0.2, -0.15) is 5.10 Å². The number of hydrogen-bond donors (Lipinski definition) is 1. The van der Waals surface area contributed by atoms with E-state index in [0.717, 1.165) is 11.4 Å². The summed E-state index contributed by atoms with van der Waals surface area (Å²) < 4.78 is 7.19. The molecule has 0 saturated heterocycles. The number of carbonyl (C=O) groups excluding carboxylic acids is 1. The van der Waals surface area contributed by atoms with E-state index in [1.54, 1.807) is 4.90 Å². The van der Waals surface area contributed by atoms with E-state index in [1.807, 2.05) is 31.5 Å². The lowest BCUT2D eigenvalue weighted by Crippen LogP contribution is -2.41. The molecule has 0 aliphatic carbocycles. The summed E-state index contributed by atoms with van der Waals surface area (Å²) >= 11 is 0. The predicted octanol–water partition coefficient (Wildman–Crippen LogP) is 1.65. The molecule has 0 atom stereocenters. The smallest absolute Gasteiger partial charge is 0.410 e. The van der Waals surface area contributed by atoms with Crippen molar-refractivity contribution in [2.75, 3.05) is 6.54 Å². The number of amides is 1. The van der Waals surface area contributed by atoms with Crippen LogP contribution in [0.2, 0.25) is 0 Å². The summed E-state index contributed by atoms with van der Waals surface area (Å²) in [6.45, 7) is 7.09. The highest BCUT2D eigenvalue weighted by molar-refractivity contribution is 5.68. The molecule has 0 radical (unpaired) electrons. The minimum Gasteiger partial charge on any atom is -0.481 e. The number of rotatable bonds is 3. The molecule has 1 N–H and O–H groups in total. The Morgan fingerprint density at radius 3 is 2.71 bits per heavy atom. The average Bonchev–Trinajstić information content (AvgIpc) is 2.75. The Kier molecular flexibility index (Phi) is 4.20. The summed E-state index contributed by atoms with van der Waals surface area (Å²) in [7, 11) is 0. The maximum atomic E-state index is 12.0. The van der Waals surface area contributed by atoms with Gasteiger partial charge in [-0.15, -0.1) is 0 Å². The molecule has 1 aliphatic rings. The molecule has 0 fully saturated rings. The first-order chi connectivity index (χ1) is 9.74. The molecule has 1 aliphatic heterocycles. The number of fused-ring (bicyclic) bond motifs is 1. The van der Waals surface area contributed by atoms with Crippen LogP contribution in [-0.4, -0.2) is 44.0 Å². The predicted molar refractivity (Wildman–Crippen MR) is 74.8 cm³/mol. The monoisotopic (exact) mass is 295 g/mol. The summed E-state index contributed by atoms with van der Waals surface area (Å²) in [6.07, 6.45) is 0.135. The number of aryl methyl sites for hydroxylation is 1. The molecule has 7 heteroatoms. The van der Waals surface area contributed by atoms with Crippen molar-refractivity contribution in [1.29, 1.82) is 0 Å². The SMILES string of the molecule is CC(C)(C)OC(=O)N1CCn2nc(CCC(=O)O)cc2C1. The van der Waals surface area contributed by atoms with Crippen LogP contribution in [0, 0.1) is 0 Å². The van der Waals surface area contributed by atoms with Gasteiger partial charge in [0.05, 0.1) is 30.9 Å². The third kappa shape index (κ3) is 4.21. The molecular weight excluding hydrogens is 274 g/mol. The molecule has 7 nitrogen and oxygen atoms in total. The van der Waals surface area contributed by atoms with Crippen LogP contribution in [0.25, 0.3) is 0 Å². The van der Waals surface area contributed by atoms with Gasteiger partial charge in [-0.1, -0.05) is 0 Å². The Morgan fingerprint density at radius 1 is 1.38 bits per heavy atom. The van der Waals surface area contributed by atoms with Crippen molar-refractivity contribution in [3.63, 3.8) is 0 Å². The highest BCUT2D eigenvalue weighted by Crippen LogP contribution is 2.17. The fourth-order valence-corrected chi connectivity index (χ4v) is 2.17. The Balaban J connectivity index is 2.00. The first-order valence-corrected chi connectivity index (χ1v) is 7.00. The normalized spacial score (nSPS) is 14.7. The van der Waals surface area contributed by atoms with E-state index in [0.29, 0.717) is 26.1 Å². The minimum atomic E-state index is -0.837. The van der Waals surface area contributed by atoms with E-state index < -0.39 is 11.6 Å². The third-order valence-corrected chi connectivity index (χ3v) is 3.10. The molecule has 0 saturated carbocycles. The number of carboxylic acid groups (broad SMARTS) is 1. The van der Waals surface area contributed by atoms with Gasteiger partial charge in [0.25, 0.3) is 0 Å². The summed E-state index contributed by atoms with van der Waals surface area (Å²) in [5.74, 6) is -0.837. The van der Waals surface area contributed by atoms with Crippen molar-refractivity contribution in [1.82, 2.24) is 14.7 Å². The second-order valence-corrected chi connectivity index (χ2v) is 6.15. The van der Waals surface area contributed by atoms with Crippen LogP contribution < -0.4 is 0 Å². The van der Waals surface area contributed by atoms with Crippen LogP contribution in [0.5, 0.6) is 0 Å². The lowest BCUT2D eigenvalue weighted by atomic mass is 10.2. The third-order valence-electron chi connectivity index (χ3n) is 3.10. The largest absolute Gasteiger partial charge is 0.481 e. The molecule has 2 heterocycles. The number of hydrogen-bond acceptors (Lipinski definition) is 4. The molecular formula is C14H21N3O4. The van der Waals surface area contributed by atoms with Crippen LogP contribution >= 0.6 is 0 Å². The number of carbonyl (C=O) groups is 2. The van der Waals surface area contributed by atoms with Gasteiger partial charge in [-0.05, 0) is 26.8 Å².